The summed E-state index contributed by atoms with van der Waals surface area (Å²) in [6.45, 7) is 3.88. The molecule has 0 aliphatic carbocycles. The van der Waals surface area contributed by atoms with Crippen LogP contribution in [-0.4, -0.2) is 19.0 Å². The van der Waals surface area contributed by atoms with Crippen LogP contribution in [0.1, 0.15) is 25.7 Å². The van der Waals surface area contributed by atoms with Gasteiger partial charge in [0.1, 0.15) is 0 Å². The first-order valence-electron chi connectivity index (χ1n) is 6.74. The molecule has 1 N–H and O–H groups in total. The Morgan fingerprint density at radius 1 is 1.18 bits per heavy atom. The number of anilines is 1. The second-order valence-corrected chi connectivity index (χ2v) is 6.11. The van der Waals surface area contributed by atoms with E-state index < -0.39 is 5.97 Å². The van der Waals surface area contributed by atoms with Gasteiger partial charge in [-0.15, -0.1) is 11.3 Å². The molecule has 1 heterocycles. The van der Waals surface area contributed by atoms with Crippen molar-refractivity contribution in [2.24, 2.45) is 0 Å². The number of hydrogen-bond donors (Lipinski definition) is 1. The van der Waals surface area contributed by atoms with Crippen LogP contribution in [0.25, 0.3) is 6.08 Å². The molecule has 1 aromatic carbocycles. The highest BCUT2D eigenvalue weighted by Gasteiger charge is 2.09. The molecule has 4 nitrogen and oxygen atoms in total. The first kappa shape index (κ1) is 16.0. The van der Waals surface area contributed by atoms with Crippen LogP contribution in [-0.2, 0) is 9.53 Å². The molecule has 5 heteroatoms. The Bertz CT molecular complexity index is 731. The van der Waals surface area contributed by atoms with Crippen molar-refractivity contribution < 1.29 is 14.3 Å². The highest BCUT2D eigenvalue weighted by molar-refractivity contribution is 7.12. The van der Waals surface area contributed by atoms with Crippen molar-refractivity contribution in [1.29, 1.82) is 0 Å². The lowest BCUT2D eigenvalue weighted by Gasteiger charge is -2.08. The Hall–Kier alpha value is -2.40. The number of rotatable bonds is 4. The standard InChI is InChI=1S/C17H17NO3S/c1-11-4-6-13(17(20)21-3)10-15(11)18-16(19)9-8-14-7-5-12(2)22-14/h4-10H,1-3H3,(H,18,19)/b9-8+. The van der Waals surface area contributed by atoms with Crippen molar-refractivity contribution in [3.8, 4) is 0 Å². The van der Waals surface area contributed by atoms with Crippen LogP contribution in [0.3, 0.4) is 0 Å². The van der Waals surface area contributed by atoms with Crippen molar-refractivity contribution >= 4 is 35.0 Å². The number of methoxy groups -OCH3 is 1. The van der Waals surface area contributed by atoms with Gasteiger partial charge in [-0.3, -0.25) is 4.79 Å². The van der Waals surface area contributed by atoms with E-state index in [1.165, 1.54) is 18.1 Å². The molecule has 22 heavy (non-hydrogen) atoms. The molecule has 1 aromatic heterocycles. The van der Waals surface area contributed by atoms with Gasteiger partial charge in [0.2, 0.25) is 5.91 Å². The van der Waals surface area contributed by atoms with Gasteiger partial charge in [-0.05, 0) is 49.8 Å². The van der Waals surface area contributed by atoms with Gasteiger partial charge < -0.3 is 10.1 Å². The van der Waals surface area contributed by atoms with Gasteiger partial charge in [-0.25, -0.2) is 4.79 Å². The summed E-state index contributed by atoms with van der Waals surface area (Å²) in [7, 11) is 1.33. The van der Waals surface area contributed by atoms with Crippen molar-refractivity contribution in [3.05, 3.63) is 57.3 Å². The van der Waals surface area contributed by atoms with Crippen LogP contribution in [0, 0.1) is 13.8 Å². The second kappa shape index (κ2) is 7.04. The topological polar surface area (TPSA) is 55.4 Å². The average molecular weight is 315 g/mol. The first-order valence-corrected chi connectivity index (χ1v) is 7.55. The highest BCUT2D eigenvalue weighted by Crippen LogP contribution is 2.19. The molecular weight excluding hydrogens is 298 g/mol. The highest BCUT2D eigenvalue weighted by atomic mass is 32.1. The Labute approximate surface area is 133 Å². The quantitative estimate of drug-likeness (QED) is 0.689. The Kier molecular flexibility index (Phi) is 5.12. The molecule has 0 radical (unpaired) electrons. The van der Waals surface area contributed by atoms with E-state index >= 15 is 0 Å². The Morgan fingerprint density at radius 3 is 2.59 bits per heavy atom. The fraction of sp³-hybridized carbons (Fsp3) is 0.176. The molecule has 0 aliphatic heterocycles. The largest absolute Gasteiger partial charge is 0.465 e. The van der Waals surface area contributed by atoms with Gasteiger partial charge in [0.05, 0.1) is 12.7 Å². The number of ether oxygens (including phenoxy) is 1. The lowest BCUT2D eigenvalue weighted by Crippen LogP contribution is -2.10. The van der Waals surface area contributed by atoms with Crippen molar-refractivity contribution in [2.75, 3.05) is 12.4 Å². The third-order valence-corrected chi connectivity index (χ3v) is 4.04. The number of carbonyl (C=O) groups excluding carboxylic acids is 2. The van der Waals surface area contributed by atoms with E-state index in [0.29, 0.717) is 11.3 Å². The van der Waals surface area contributed by atoms with Crippen LogP contribution < -0.4 is 5.32 Å². The maximum atomic E-state index is 12.0. The van der Waals surface area contributed by atoms with Gasteiger partial charge in [-0.1, -0.05) is 6.07 Å². The second-order valence-electron chi connectivity index (χ2n) is 4.79. The molecule has 0 saturated heterocycles. The normalized spacial score (nSPS) is 10.7. The zero-order valence-electron chi connectivity index (χ0n) is 12.7. The van der Waals surface area contributed by atoms with E-state index in [4.69, 9.17) is 0 Å². The molecule has 0 saturated carbocycles. The van der Waals surface area contributed by atoms with Crippen LogP contribution in [0.15, 0.2) is 36.4 Å². The van der Waals surface area contributed by atoms with E-state index in [2.05, 4.69) is 10.1 Å². The fourth-order valence-corrected chi connectivity index (χ4v) is 2.66. The van der Waals surface area contributed by atoms with Crippen LogP contribution in [0.2, 0.25) is 0 Å². The Morgan fingerprint density at radius 2 is 1.95 bits per heavy atom. The zero-order chi connectivity index (χ0) is 16.1. The summed E-state index contributed by atoms with van der Waals surface area (Å²) in [6, 6.07) is 9.02. The minimum atomic E-state index is -0.430. The predicted octanol–water partition coefficient (Wildman–Crippen LogP) is 3.80. The van der Waals surface area contributed by atoms with Crippen LogP contribution >= 0.6 is 11.3 Å². The smallest absolute Gasteiger partial charge is 0.337 e. The van der Waals surface area contributed by atoms with Crippen molar-refractivity contribution in [2.45, 2.75) is 13.8 Å². The monoisotopic (exact) mass is 315 g/mol. The number of thiophene rings is 1. The number of esters is 1. The van der Waals surface area contributed by atoms with E-state index in [1.807, 2.05) is 26.0 Å². The third-order valence-electron chi connectivity index (χ3n) is 3.08. The molecule has 0 atom stereocenters. The summed E-state index contributed by atoms with van der Waals surface area (Å²) >= 11 is 1.62. The molecule has 114 valence electrons. The maximum Gasteiger partial charge on any atom is 0.337 e. The number of aryl methyl sites for hydroxylation is 2. The number of carbonyl (C=O) groups is 2. The van der Waals surface area contributed by atoms with Gasteiger partial charge in [0, 0.05) is 21.5 Å². The van der Waals surface area contributed by atoms with E-state index in [9.17, 15) is 9.59 Å². The summed E-state index contributed by atoms with van der Waals surface area (Å²) in [4.78, 5) is 25.7. The fourth-order valence-electron chi connectivity index (χ4n) is 1.88. The predicted molar refractivity (Wildman–Crippen MR) is 89.2 cm³/mol. The van der Waals surface area contributed by atoms with Gasteiger partial charge in [-0.2, -0.15) is 0 Å². The van der Waals surface area contributed by atoms with Gasteiger partial charge >= 0.3 is 5.97 Å². The van der Waals surface area contributed by atoms with Crippen LogP contribution in [0.5, 0.6) is 0 Å². The van der Waals surface area contributed by atoms with E-state index in [0.717, 1.165) is 10.4 Å². The molecule has 0 unspecified atom stereocenters. The minimum Gasteiger partial charge on any atom is -0.465 e. The van der Waals surface area contributed by atoms with E-state index in [-0.39, 0.29) is 5.91 Å². The van der Waals surface area contributed by atoms with E-state index in [1.54, 1.807) is 35.6 Å². The molecule has 2 rings (SSSR count). The molecule has 0 fully saturated rings. The van der Waals surface area contributed by atoms with Gasteiger partial charge in [0.15, 0.2) is 0 Å². The van der Waals surface area contributed by atoms with Crippen LogP contribution in [0.4, 0.5) is 5.69 Å². The molecule has 2 aromatic rings. The number of nitrogens with one attached hydrogen (secondary N) is 1. The molecule has 0 spiro atoms. The first-order chi connectivity index (χ1) is 10.5. The molecular formula is C17H17NO3S. The summed E-state index contributed by atoms with van der Waals surface area (Å²) in [5.41, 5.74) is 1.88. The Balaban J connectivity index is 2.10. The summed E-state index contributed by atoms with van der Waals surface area (Å²) < 4.78 is 4.68. The number of hydrogen-bond acceptors (Lipinski definition) is 4. The van der Waals surface area contributed by atoms with Crippen molar-refractivity contribution in [3.63, 3.8) is 0 Å². The SMILES string of the molecule is COC(=O)c1ccc(C)c(NC(=O)/C=C/c2ccc(C)s2)c1. The van der Waals surface area contributed by atoms with Crippen molar-refractivity contribution in [1.82, 2.24) is 0 Å². The number of amides is 1. The lowest BCUT2D eigenvalue weighted by molar-refractivity contribution is -0.111. The minimum absolute atomic E-state index is 0.240. The zero-order valence-corrected chi connectivity index (χ0v) is 13.5. The molecule has 1 amide bonds. The summed E-state index contributed by atoms with van der Waals surface area (Å²) in [6.07, 6.45) is 3.25. The summed E-state index contributed by atoms with van der Waals surface area (Å²) in [5.74, 6) is -0.670. The van der Waals surface area contributed by atoms with Gasteiger partial charge in [0.25, 0.3) is 0 Å². The average Bonchev–Trinajstić information content (AvgIpc) is 2.92. The maximum absolute atomic E-state index is 12.0. The third kappa shape index (κ3) is 4.05. The molecule has 0 bridgehead atoms. The lowest BCUT2D eigenvalue weighted by atomic mass is 10.1. The summed E-state index contributed by atoms with van der Waals surface area (Å²) in [5, 5.41) is 2.78. The number of benzene rings is 1. The molecule has 0 aliphatic rings.